The van der Waals surface area contributed by atoms with Crippen LogP contribution in [0, 0.1) is 0 Å². The Labute approximate surface area is 158 Å². The van der Waals surface area contributed by atoms with E-state index in [2.05, 4.69) is 26.3 Å². The smallest absolute Gasteiger partial charge is 0.217 e. The summed E-state index contributed by atoms with van der Waals surface area (Å²) in [6, 6.07) is 0. The van der Waals surface area contributed by atoms with Crippen LogP contribution in [0.2, 0.25) is 0 Å². The van der Waals surface area contributed by atoms with Crippen molar-refractivity contribution in [1.82, 2.24) is 5.32 Å². The van der Waals surface area contributed by atoms with Gasteiger partial charge in [-0.15, -0.1) is 0 Å². The Balaban J connectivity index is 3.26. The molecule has 0 fully saturated rings. The zero-order valence-corrected chi connectivity index (χ0v) is 17.9. The molecular weight excluding hydrogens is 308 g/mol. The lowest BCUT2D eigenvalue weighted by Crippen LogP contribution is -2.45. The van der Waals surface area contributed by atoms with E-state index in [0.717, 1.165) is 17.6 Å². The van der Waals surface area contributed by atoms with Gasteiger partial charge in [-0.25, -0.2) is 0 Å². The van der Waals surface area contributed by atoms with Crippen molar-refractivity contribution >= 4 is 5.91 Å². The molecule has 0 aromatic carbocycles. The highest BCUT2D eigenvalue weighted by Gasteiger charge is 2.13. The normalized spacial score (nSPS) is 11.7. The molecule has 0 radical (unpaired) electrons. The molecule has 0 heterocycles. The monoisotopic (exact) mass is 355 g/mol. The van der Waals surface area contributed by atoms with Crippen LogP contribution in [0.25, 0.3) is 0 Å². The third-order valence-electron chi connectivity index (χ3n) is 5.21. The quantitative estimate of drug-likeness (QED) is 0.249. The van der Waals surface area contributed by atoms with Gasteiger partial charge >= 0.3 is 0 Å². The molecule has 0 aliphatic rings. The molecule has 0 bridgehead atoms. The minimum absolute atomic E-state index is 0.0801. The van der Waals surface area contributed by atoms with E-state index in [-0.39, 0.29) is 5.91 Å². The van der Waals surface area contributed by atoms with Crippen molar-refractivity contribution in [3.8, 4) is 0 Å². The van der Waals surface area contributed by atoms with Crippen LogP contribution in [0.4, 0.5) is 0 Å². The third kappa shape index (κ3) is 19.6. The van der Waals surface area contributed by atoms with Crippen LogP contribution in [0.15, 0.2) is 0 Å². The topological polar surface area (TPSA) is 29.1 Å². The highest BCUT2D eigenvalue weighted by molar-refractivity contribution is 5.72. The van der Waals surface area contributed by atoms with Crippen molar-refractivity contribution in [2.75, 3.05) is 33.7 Å². The number of hydrogen-bond donors (Lipinski definition) is 1. The van der Waals surface area contributed by atoms with E-state index in [9.17, 15) is 4.79 Å². The van der Waals surface area contributed by atoms with Gasteiger partial charge in [0.25, 0.3) is 0 Å². The van der Waals surface area contributed by atoms with Crippen LogP contribution >= 0.6 is 0 Å². The molecule has 0 aromatic rings. The molecule has 25 heavy (non-hydrogen) atoms. The Morgan fingerprint density at radius 1 is 0.680 bits per heavy atom. The van der Waals surface area contributed by atoms with Gasteiger partial charge in [0.15, 0.2) is 0 Å². The average Bonchev–Trinajstić information content (AvgIpc) is 2.54. The van der Waals surface area contributed by atoms with E-state index < -0.39 is 0 Å². The summed E-state index contributed by atoms with van der Waals surface area (Å²) in [6.45, 7) is 6.92. The highest BCUT2D eigenvalue weighted by atomic mass is 16.1. The maximum atomic E-state index is 10.9. The second kappa shape index (κ2) is 16.9. The van der Waals surface area contributed by atoms with Gasteiger partial charge in [-0.05, 0) is 12.8 Å². The molecule has 0 rings (SSSR count). The lowest BCUT2D eigenvalue weighted by atomic mass is 10.0. The molecule has 0 aliphatic carbocycles. The maximum Gasteiger partial charge on any atom is 0.217 e. The fourth-order valence-corrected chi connectivity index (χ4v) is 3.38. The summed E-state index contributed by atoms with van der Waals surface area (Å²) in [6.07, 6.45) is 19.8. The fourth-order valence-electron chi connectivity index (χ4n) is 3.38. The molecular formula is C22H47N2O+. The van der Waals surface area contributed by atoms with Gasteiger partial charge in [-0.1, -0.05) is 84.0 Å². The third-order valence-corrected chi connectivity index (χ3v) is 5.21. The zero-order valence-electron chi connectivity index (χ0n) is 17.9. The first-order valence-corrected chi connectivity index (χ1v) is 11.0. The summed E-state index contributed by atoms with van der Waals surface area (Å²) in [5.41, 5.74) is 0. The molecule has 0 unspecified atom stereocenters. The number of likely N-dealkylation sites (N-methyl/N-ethyl adjacent to an activating group) is 1. The number of nitrogens with zero attached hydrogens (tertiary/aromatic N) is 1. The lowest BCUT2D eigenvalue weighted by molar-refractivity contribution is -0.889. The van der Waals surface area contributed by atoms with Crippen LogP contribution in [-0.4, -0.2) is 44.1 Å². The molecule has 0 aliphatic heterocycles. The molecule has 0 saturated heterocycles. The van der Waals surface area contributed by atoms with E-state index in [0.29, 0.717) is 0 Å². The molecule has 0 spiro atoms. The maximum absolute atomic E-state index is 10.9. The first-order chi connectivity index (χ1) is 12.0. The molecule has 3 heteroatoms. The van der Waals surface area contributed by atoms with Crippen molar-refractivity contribution in [3.63, 3.8) is 0 Å². The second-order valence-corrected chi connectivity index (χ2v) is 8.46. The molecule has 150 valence electrons. The number of nitrogens with one attached hydrogen (secondary N) is 1. The predicted octanol–water partition coefficient (Wildman–Crippen LogP) is 5.68. The molecule has 0 aromatic heterocycles. The van der Waals surface area contributed by atoms with Gasteiger partial charge < -0.3 is 9.80 Å². The Hall–Kier alpha value is -0.570. The van der Waals surface area contributed by atoms with Crippen molar-refractivity contribution in [3.05, 3.63) is 0 Å². The van der Waals surface area contributed by atoms with E-state index in [1.54, 1.807) is 6.92 Å². The number of amides is 1. The van der Waals surface area contributed by atoms with Gasteiger partial charge in [-0.3, -0.25) is 4.79 Å². The Kier molecular flexibility index (Phi) is 16.5. The summed E-state index contributed by atoms with van der Waals surface area (Å²) in [4.78, 5) is 10.9. The lowest BCUT2D eigenvalue weighted by Gasteiger charge is -2.29. The van der Waals surface area contributed by atoms with Gasteiger partial charge in [0.2, 0.25) is 5.91 Å². The minimum atomic E-state index is 0.0801. The minimum Gasteiger partial charge on any atom is -0.351 e. The van der Waals surface area contributed by atoms with Crippen LogP contribution in [0.3, 0.4) is 0 Å². The number of unbranched alkanes of at least 4 members (excludes halogenated alkanes) is 13. The van der Waals surface area contributed by atoms with Gasteiger partial charge in [0.05, 0.1) is 33.7 Å². The highest BCUT2D eigenvalue weighted by Crippen LogP contribution is 2.13. The Morgan fingerprint density at radius 2 is 1.08 bits per heavy atom. The summed E-state index contributed by atoms with van der Waals surface area (Å²) in [5, 5.41) is 2.90. The standard InChI is InChI=1S/C22H46N2O/c1-5-6-7-8-9-10-11-12-13-14-15-16-17-18-20-24(3,4)21-19-23-22(2)25/h5-21H2,1-4H3/p+1. The molecule has 1 N–H and O–H groups in total. The Bertz CT molecular complexity index is 302. The number of quaternary nitrogens is 1. The van der Waals surface area contributed by atoms with Crippen molar-refractivity contribution < 1.29 is 9.28 Å². The SMILES string of the molecule is CCCCCCCCCCCCCCCC[N+](C)(C)CCNC(C)=O. The second-order valence-electron chi connectivity index (χ2n) is 8.46. The largest absolute Gasteiger partial charge is 0.351 e. The fraction of sp³-hybridized carbons (Fsp3) is 0.955. The summed E-state index contributed by atoms with van der Waals surface area (Å²) < 4.78 is 1.01. The van der Waals surface area contributed by atoms with Gasteiger partial charge in [-0.2, -0.15) is 0 Å². The molecule has 0 atom stereocenters. The van der Waals surface area contributed by atoms with E-state index in [4.69, 9.17) is 0 Å². The summed E-state index contributed by atoms with van der Waals surface area (Å²) in [5.74, 6) is 0.0801. The van der Waals surface area contributed by atoms with Crippen LogP contribution < -0.4 is 5.32 Å². The van der Waals surface area contributed by atoms with Gasteiger partial charge in [0.1, 0.15) is 0 Å². The van der Waals surface area contributed by atoms with Crippen molar-refractivity contribution in [2.45, 2.75) is 104 Å². The average molecular weight is 356 g/mol. The van der Waals surface area contributed by atoms with Crippen LogP contribution in [-0.2, 0) is 4.79 Å². The Morgan fingerprint density at radius 3 is 1.48 bits per heavy atom. The first kappa shape index (κ1) is 24.4. The molecule has 0 saturated carbocycles. The van der Waals surface area contributed by atoms with Crippen LogP contribution in [0.1, 0.15) is 104 Å². The first-order valence-electron chi connectivity index (χ1n) is 11.0. The summed E-state index contributed by atoms with van der Waals surface area (Å²) in [7, 11) is 4.54. The molecule has 1 amide bonds. The van der Waals surface area contributed by atoms with Crippen molar-refractivity contribution in [2.24, 2.45) is 0 Å². The predicted molar refractivity (Wildman–Crippen MR) is 111 cm³/mol. The van der Waals surface area contributed by atoms with E-state index >= 15 is 0 Å². The van der Waals surface area contributed by atoms with Gasteiger partial charge in [0, 0.05) is 6.92 Å². The van der Waals surface area contributed by atoms with Crippen LogP contribution in [0.5, 0.6) is 0 Å². The number of rotatable bonds is 18. The summed E-state index contributed by atoms with van der Waals surface area (Å²) >= 11 is 0. The number of hydrogen-bond acceptors (Lipinski definition) is 1. The van der Waals surface area contributed by atoms with Crippen molar-refractivity contribution in [1.29, 1.82) is 0 Å². The van der Waals surface area contributed by atoms with E-state index in [1.807, 2.05) is 0 Å². The van der Waals surface area contributed by atoms with E-state index in [1.165, 1.54) is 96.4 Å². The number of carbonyl (C=O) groups is 1. The zero-order chi connectivity index (χ0) is 18.8. The number of carbonyl (C=O) groups excluding carboxylic acids is 1. The molecule has 3 nitrogen and oxygen atoms in total.